The minimum Gasteiger partial charge on any atom is -0.365 e. The van der Waals surface area contributed by atoms with E-state index in [0.717, 1.165) is 42.6 Å². The Bertz CT molecular complexity index is 712. The van der Waals surface area contributed by atoms with Crippen LogP contribution in [0.4, 0.5) is 11.6 Å². The second kappa shape index (κ2) is 7.59. The van der Waals surface area contributed by atoms with Crippen LogP contribution >= 0.6 is 11.6 Å². The van der Waals surface area contributed by atoms with Crippen LogP contribution in [0.1, 0.15) is 11.1 Å². The Balaban J connectivity index is 1.80. The summed E-state index contributed by atoms with van der Waals surface area (Å²) in [5, 5.41) is 11.8. The molecule has 7 heteroatoms. The third-order valence-corrected chi connectivity index (χ3v) is 4.58. The molecule has 1 saturated heterocycles. The third-order valence-electron chi connectivity index (χ3n) is 4.21. The molecule has 0 unspecified atom stereocenters. The first kappa shape index (κ1) is 16.7. The molecule has 1 aromatic heterocycles. The highest BCUT2D eigenvalue weighted by atomic mass is 35.5. The van der Waals surface area contributed by atoms with E-state index in [2.05, 4.69) is 32.1 Å². The summed E-state index contributed by atoms with van der Waals surface area (Å²) in [6, 6.07) is 7.70. The highest BCUT2D eigenvalue weighted by Gasteiger charge is 2.20. The predicted octanol–water partition coefficient (Wildman–Crippen LogP) is 2.49. The molecule has 126 valence electrons. The smallest absolute Gasteiger partial charge is 0.143 e. The summed E-state index contributed by atoms with van der Waals surface area (Å²) in [6.45, 7) is 4.34. The predicted molar refractivity (Wildman–Crippen MR) is 98.4 cm³/mol. The van der Waals surface area contributed by atoms with E-state index in [1.54, 1.807) is 6.33 Å². The lowest BCUT2D eigenvalue weighted by Crippen LogP contribution is -2.45. The maximum absolute atomic E-state index is 7.80. The number of halogens is 1. The summed E-state index contributed by atoms with van der Waals surface area (Å²) in [4.78, 5) is 13.2. The van der Waals surface area contributed by atoms with Crippen molar-refractivity contribution in [2.45, 2.75) is 6.54 Å². The number of nitrogens with one attached hydrogen (secondary N) is 2. The molecule has 2 aromatic rings. The Hall–Kier alpha value is -2.18. The molecule has 0 spiro atoms. The van der Waals surface area contributed by atoms with Crippen molar-refractivity contribution < 1.29 is 0 Å². The molecule has 1 aliphatic heterocycles. The highest BCUT2D eigenvalue weighted by Crippen LogP contribution is 2.24. The second-order valence-corrected chi connectivity index (χ2v) is 6.25. The number of likely N-dealkylation sites (N-methyl/N-ethyl adjacent to an activating group) is 1. The summed E-state index contributed by atoms with van der Waals surface area (Å²) < 4.78 is 0. The molecule has 0 atom stereocenters. The first-order valence-corrected chi connectivity index (χ1v) is 8.33. The number of hydrogen-bond acceptors (Lipinski definition) is 6. The van der Waals surface area contributed by atoms with E-state index < -0.39 is 0 Å². The molecule has 1 aromatic carbocycles. The lowest BCUT2D eigenvalue weighted by atomic mass is 10.2. The first-order valence-electron chi connectivity index (χ1n) is 7.95. The van der Waals surface area contributed by atoms with Crippen LogP contribution in [-0.4, -0.2) is 54.3 Å². The molecular weight excluding hydrogens is 324 g/mol. The van der Waals surface area contributed by atoms with E-state index in [-0.39, 0.29) is 0 Å². The van der Waals surface area contributed by atoms with Gasteiger partial charge in [0.2, 0.25) is 0 Å². The maximum Gasteiger partial charge on any atom is 0.143 e. The molecular formula is C17H21ClN6. The standard InChI is InChI=1S/C17H21ClN6/c1-23-6-8-24(9-7-23)17-14(10-19)16(21-12-22-17)20-11-13-4-2-3-5-15(13)18/h2-5,10,12,19H,6-9,11H2,1H3,(H,20,21,22). The van der Waals surface area contributed by atoms with E-state index in [1.165, 1.54) is 6.21 Å². The summed E-state index contributed by atoms with van der Waals surface area (Å²) in [6.07, 6.45) is 2.87. The van der Waals surface area contributed by atoms with Crippen molar-refractivity contribution in [1.82, 2.24) is 14.9 Å². The molecule has 0 bridgehead atoms. The van der Waals surface area contributed by atoms with Gasteiger partial charge in [0, 0.05) is 44.0 Å². The lowest BCUT2D eigenvalue weighted by Gasteiger charge is -2.34. The Morgan fingerprint density at radius 3 is 2.67 bits per heavy atom. The summed E-state index contributed by atoms with van der Waals surface area (Å²) in [7, 11) is 2.12. The van der Waals surface area contributed by atoms with Gasteiger partial charge in [0.1, 0.15) is 18.0 Å². The van der Waals surface area contributed by atoms with E-state index in [1.807, 2.05) is 24.3 Å². The molecule has 0 radical (unpaired) electrons. The van der Waals surface area contributed by atoms with Crippen molar-refractivity contribution in [2.75, 3.05) is 43.4 Å². The largest absolute Gasteiger partial charge is 0.365 e. The Morgan fingerprint density at radius 1 is 1.21 bits per heavy atom. The molecule has 1 fully saturated rings. The zero-order chi connectivity index (χ0) is 16.9. The fraction of sp³-hybridized carbons (Fsp3) is 0.353. The van der Waals surface area contributed by atoms with E-state index in [4.69, 9.17) is 17.0 Å². The van der Waals surface area contributed by atoms with E-state index in [0.29, 0.717) is 17.9 Å². The minimum absolute atomic E-state index is 0.555. The van der Waals surface area contributed by atoms with Gasteiger partial charge < -0.3 is 20.5 Å². The zero-order valence-electron chi connectivity index (χ0n) is 13.7. The maximum atomic E-state index is 7.80. The van der Waals surface area contributed by atoms with Gasteiger partial charge in [0.15, 0.2) is 0 Å². The summed E-state index contributed by atoms with van der Waals surface area (Å²) >= 11 is 6.20. The molecule has 6 nitrogen and oxygen atoms in total. The molecule has 2 heterocycles. The van der Waals surface area contributed by atoms with Crippen molar-refractivity contribution in [2.24, 2.45) is 0 Å². The molecule has 0 amide bonds. The van der Waals surface area contributed by atoms with Gasteiger partial charge in [0.05, 0.1) is 5.56 Å². The van der Waals surface area contributed by atoms with Crippen LogP contribution in [0.5, 0.6) is 0 Å². The van der Waals surface area contributed by atoms with Crippen LogP contribution in [0.3, 0.4) is 0 Å². The first-order chi connectivity index (χ1) is 11.7. The van der Waals surface area contributed by atoms with Crippen molar-refractivity contribution in [1.29, 1.82) is 5.41 Å². The molecule has 0 aliphatic carbocycles. The Morgan fingerprint density at radius 2 is 1.96 bits per heavy atom. The Labute approximate surface area is 147 Å². The van der Waals surface area contributed by atoms with Gasteiger partial charge in [-0.25, -0.2) is 9.97 Å². The SMILES string of the molecule is CN1CCN(c2ncnc(NCc3ccccc3Cl)c2C=N)CC1. The Kier molecular flexibility index (Phi) is 5.27. The second-order valence-electron chi connectivity index (χ2n) is 5.84. The summed E-state index contributed by atoms with van der Waals surface area (Å²) in [5.41, 5.74) is 1.71. The van der Waals surface area contributed by atoms with Gasteiger partial charge in [-0.1, -0.05) is 29.8 Å². The van der Waals surface area contributed by atoms with Crippen molar-refractivity contribution in [3.05, 3.63) is 46.7 Å². The minimum atomic E-state index is 0.555. The van der Waals surface area contributed by atoms with Crippen LogP contribution in [0.15, 0.2) is 30.6 Å². The highest BCUT2D eigenvalue weighted by molar-refractivity contribution is 6.31. The van der Waals surface area contributed by atoms with Gasteiger partial charge in [-0.15, -0.1) is 0 Å². The normalized spacial score (nSPS) is 15.3. The van der Waals surface area contributed by atoms with Gasteiger partial charge >= 0.3 is 0 Å². The molecule has 1 aliphatic rings. The number of aromatic nitrogens is 2. The number of nitrogens with zero attached hydrogens (tertiary/aromatic N) is 4. The number of hydrogen-bond donors (Lipinski definition) is 2. The third kappa shape index (κ3) is 3.66. The average molecular weight is 345 g/mol. The lowest BCUT2D eigenvalue weighted by molar-refractivity contribution is 0.312. The molecule has 3 rings (SSSR count). The van der Waals surface area contributed by atoms with Crippen LogP contribution in [0, 0.1) is 5.41 Å². The number of anilines is 2. The van der Waals surface area contributed by atoms with E-state index in [9.17, 15) is 0 Å². The van der Waals surface area contributed by atoms with Crippen molar-refractivity contribution >= 4 is 29.5 Å². The van der Waals surface area contributed by atoms with Gasteiger partial charge in [-0.05, 0) is 18.7 Å². The van der Waals surface area contributed by atoms with Crippen molar-refractivity contribution in [3.8, 4) is 0 Å². The van der Waals surface area contributed by atoms with Crippen LogP contribution in [0.2, 0.25) is 5.02 Å². The van der Waals surface area contributed by atoms with Gasteiger partial charge in [0.25, 0.3) is 0 Å². The van der Waals surface area contributed by atoms with Crippen molar-refractivity contribution in [3.63, 3.8) is 0 Å². The van der Waals surface area contributed by atoms with Crippen LogP contribution < -0.4 is 10.2 Å². The monoisotopic (exact) mass is 344 g/mol. The number of rotatable bonds is 5. The van der Waals surface area contributed by atoms with Crippen LogP contribution in [-0.2, 0) is 6.54 Å². The quantitative estimate of drug-likeness (QED) is 0.816. The molecule has 0 saturated carbocycles. The fourth-order valence-electron chi connectivity index (χ4n) is 2.75. The van der Waals surface area contributed by atoms with Gasteiger partial charge in [-0.2, -0.15) is 0 Å². The van der Waals surface area contributed by atoms with Crippen LogP contribution in [0.25, 0.3) is 0 Å². The summed E-state index contributed by atoms with van der Waals surface area (Å²) in [5.74, 6) is 1.48. The molecule has 24 heavy (non-hydrogen) atoms. The number of benzene rings is 1. The zero-order valence-corrected chi connectivity index (χ0v) is 14.4. The van der Waals surface area contributed by atoms with E-state index >= 15 is 0 Å². The average Bonchev–Trinajstić information content (AvgIpc) is 2.61. The van der Waals surface area contributed by atoms with Gasteiger partial charge in [-0.3, -0.25) is 0 Å². The topological polar surface area (TPSA) is 68.1 Å². The fourth-order valence-corrected chi connectivity index (χ4v) is 2.95. The molecule has 2 N–H and O–H groups in total. The number of piperazine rings is 1.